The molecule has 44 heavy (non-hydrogen) atoms. The number of thiophene rings is 1. The Morgan fingerprint density at radius 3 is 2.32 bits per heavy atom. The van der Waals surface area contributed by atoms with Gasteiger partial charge in [0.05, 0.1) is 22.2 Å². The third kappa shape index (κ3) is 6.63. The summed E-state index contributed by atoms with van der Waals surface area (Å²) in [5.74, 6) is -0.195. The van der Waals surface area contributed by atoms with Crippen molar-refractivity contribution >= 4 is 33.1 Å². The van der Waals surface area contributed by atoms with E-state index in [1.807, 2.05) is 36.4 Å². The molecule has 0 radical (unpaired) electrons. The summed E-state index contributed by atoms with van der Waals surface area (Å²) in [5.41, 5.74) is 3.49. The highest BCUT2D eigenvalue weighted by Gasteiger charge is 2.54. The maximum Gasteiger partial charge on any atom is 0.166 e. The van der Waals surface area contributed by atoms with Gasteiger partial charge in [-0.1, -0.05) is 60.7 Å². The molecular formula is C36H33FN2O4S. The van der Waals surface area contributed by atoms with Gasteiger partial charge in [0.1, 0.15) is 5.75 Å². The molecule has 8 heteroatoms. The molecule has 0 aliphatic heterocycles. The lowest BCUT2D eigenvalue weighted by Gasteiger charge is -2.14. The van der Waals surface area contributed by atoms with Gasteiger partial charge in [0.2, 0.25) is 0 Å². The summed E-state index contributed by atoms with van der Waals surface area (Å²) < 4.78 is 27.2. The van der Waals surface area contributed by atoms with Crippen LogP contribution in [0, 0.1) is 11.2 Å². The monoisotopic (exact) mass is 608 g/mol. The number of ketones is 2. The van der Waals surface area contributed by atoms with Crippen LogP contribution in [0.5, 0.6) is 11.5 Å². The third-order valence-corrected chi connectivity index (χ3v) is 9.22. The van der Waals surface area contributed by atoms with Gasteiger partial charge in [-0.15, -0.1) is 11.3 Å². The third-order valence-electron chi connectivity index (χ3n) is 8.03. The Balaban J connectivity index is 1.12. The highest BCUT2D eigenvalue weighted by atomic mass is 32.1. The van der Waals surface area contributed by atoms with Crippen molar-refractivity contribution in [3.63, 3.8) is 0 Å². The Morgan fingerprint density at radius 1 is 0.886 bits per heavy atom. The summed E-state index contributed by atoms with van der Waals surface area (Å²) in [6.07, 6.45) is 3.00. The lowest BCUT2D eigenvalue weighted by atomic mass is 9.88. The van der Waals surface area contributed by atoms with Crippen molar-refractivity contribution < 1.29 is 23.5 Å². The van der Waals surface area contributed by atoms with Gasteiger partial charge < -0.3 is 14.8 Å². The smallest absolute Gasteiger partial charge is 0.166 e. The van der Waals surface area contributed by atoms with Crippen molar-refractivity contribution in [2.24, 2.45) is 5.41 Å². The number of hydrogen-bond donors (Lipinski definition) is 1. The maximum absolute atomic E-state index is 15.3. The zero-order chi connectivity index (χ0) is 30.5. The number of halogens is 1. The summed E-state index contributed by atoms with van der Waals surface area (Å²) in [6, 6.07) is 26.1. The fourth-order valence-corrected chi connectivity index (χ4v) is 6.40. The number of pyridine rings is 1. The van der Waals surface area contributed by atoms with Crippen LogP contribution in [0.2, 0.25) is 0 Å². The van der Waals surface area contributed by atoms with E-state index in [2.05, 4.69) is 34.6 Å². The van der Waals surface area contributed by atoms with Gasteiger partial charge in [-0.2, -0.15) is 0 Å². The van der Waals surface area contributed by atoms with E-state index in [1.54, 1.807) is 31.5 Å². The van der Waals surface area contributed by atoms with Gasteiger partial charge in [-0.3, -0.25) is 14.6 Å². The van der Waals surface area contributed by atoms with Gasteiger partial charge in [-0.05, 0) is 53.3 Å². The minimum atomic E-state index is -0.942. The number of carbonyl (C=O) groups is 2. The summed E-state index contributed by atoms with van der Waals surface area (Å²) in [5, 5.41) is 3.34. The van der Waals surface area contributed by atoms with Crippen LogP contribution < -0.4 is 10.1 Å². The number of hydrogen-bond acceptors (Lipinski definition) is 7. The molecule has 1 fully saturated rings. The van der Waals surface area contributed by atoms with Gasteiger partial charge in [0, 0.05) is 50.2 Å². The lowest BCUT2D eigenvalue weighted by molar-refractivity contribution is -0.133. The SMILES string of the molecule is COCCNCc1ccc(-c2cc3nccc(Oc4ccc(CC(=O)C5(C(=O)Cc6ccccc6)CC5)cc4F)c3s2)cc1. The van der Waals surface area contributed by atoms with Crippen LogP contribution in [0.4, 0.5) is 4.39 Å². The van der Waals surface area contributed by atoms with E-state index in [4.69, 9.17) is 9.47 Å². The number of ether oxygens (including phenoxy) is 2. The van der Waals surface area contributed by atoms with Gasteiger partial charge in [0.15, 0.2) is 23.1 Å². The number of rotatable bonds is 14. The molecule has 224 valence electrons. The Kier molecular flexibility index (Phi) is 8.93. The van der Waals surface area contributed by atoms with Crippen molar-refractivity contribution in [3.8, 4) is 21.9 Å². The van der Waals surface area contributed by atoms with E-state index in [1.165, 1.54) is 23.0 Å². The minimum absolute atomic E-state index is 0.00746. The molecule has 1 aliphatic carbocycles. The Hall–Kier alpha value is -4.24. The van der Waals surface area contributed by atoms with Crippen LogP contribution in [0.1, 0.15) is 29.5 Å². The Morgan fingerprint density at radius 2 is 1.61 bits per heavy atom. The molecule has 6 nitrogen and oxygen atoms in total. The quantitative estimate of drug-likeness (QED) is 0.105. The average molecular weight is 609 g/mol. The summed E-state index contributed by atoms with van der Waals surface area (Å²) in [4.78, 5) is 31.7. The molecule has 0 spiro atoms. The number of carbonyl (C=O) groups excluding carboxylic acids is 2. The molecule has 1 N–H and O–H groups in total. The largest absolute Gasteiger partial charge is 0.453 e. The molecule has 1 aliphatic rings. The summed E-state index contributed by atoms with van der Waals surface area (Å²) in [7, 11) is 1.69. The maximum atomic E-state index is 15.3. The molecule has 3 aromatic carbocycles. The molecule has 2 heterocycles. The molecule has 0 amide bonds. The molecule has 0 atom stereocenters. The topological polar surface area (TPSA) is 77.5 Å². The van der Waals surface area contributed by atoms with Crippen molar-refractivity contribution in [2.75, 3.05) is 20.3 Å². The predicted molar refractivity (Wildman–Crippen MR) is 171 cm³/mol. The van der Waals surface area contributed by atoms with Gasteiger partial charge >= 0.3 is 0 Å². The first-order valence-corrected chi connectivity index (χ1v) is 15.5. The second kappa shape index (κ2) is 13.2. The standard InChI is InChI=1S/C36H33FN2O4S/c1-42-18-17-38-23-25-7-10-27(11-8-25)32-22-29-35(44-32)31(13-16-39-29)43-30-12-9-26(19-28(30)37)21-34(41)36(14-15-36)33(40)20-24-5-3-2-4-6-24/h2-13,16,19,22,38H,14-15,17-18,20-21,23H2,1H3. The van der Waals surface area contributed by atoms with Crippen molar-refractivity contribution in [3.05, 3.63) is 114 Å². The molecular weight excluding hydrogens is 575 g/mol. The van der Waals surface area contributed by atoms with Crippen LogP contribution in [0.25, 0.3) is 20.7 Å². The van der Waals surface area contributed by atoms with Crippen LogP contribution in [-0.2, 0) is 33.7 Å². The molecule has 0 bridgehead atoms. The predicted octanol–water partition coefficient (Wildman–Crippen LogP) is 7.33. The van der Waals surface area contributed by atoms with Crippen molar-refractivity contribution in [1.29, 1.82) is 0 Å². The second-order valence-corrected chi connectivity index (χ2v) is 12.2. The van der Waals surface area contributed by atoms with E-state index >= 15 is 4.39 Å². The second-order valence-electron chi connectivity index (χ2n) is 11.1. The first-order chi connectivity index (χ1) is 21.4. The van der Waals surface area contributed by atoms with E-state index < -0.39 is 11.2 Å². The normalized spacial score (nSPS) is 13.6. The average Bonchev–Trinajstić information content (AvgIpc) is 3.74. The van der Waals surface area contributed by atoms with Crippen LogP contribution in [0.3, 0.4) is 0 Å². The van der Waals surface area contributed by atoms with Crippen LogP contribution in [0.15, 0.2) is 91.1 Å². The molecule has 0 unspecified atom stereocenters. The number of nitrogens with one attached hydrogen (secondary N) is 1. The lowest BCUT2D eigenvalue weighted by Crippen LogP contribution is -2.28. The fourth-order valence-electron chi connectivity index (χ4n) is 5.33. The van der Waals surface area contributed by atoms with Crippen LogP contribution >= 0.6 is 11.3 Å². The first kappa shape index (κ1) is 29.8. The summed E-state index contributed by atoms with van der Waals surface area (Å²) >= 11 is 1.54. The van der Waals surface area contributed by atoms with Crippen molar-refractivity contribution in [2.45, 2.75) is 32.2 Å². The molecule has 0 saturated heterocycles. The summed E-state index contributed by atoms with van der Waals surface area (Å²) in [6.45, 7) is 2.23. The zero-order valence-corrected chi connectivity index (χ0v) is 25.3. The zero-order valence-electron chi connectivity index (χ0n) is 24.5. The number of methoxy groups -OCH3 is 1. The van der Waals surface area contributed by atoms with Crippen molar-refractivity contribution in [1.82, 2.24) is 10.3 Å². The van der Waals surface area contributed by atoms with E-state index in [0.717, 1.165) is 39.3 Å². The number of benzene rings is 3. The van der Waals surface area contributed by atoms with Gasteiger partial charge in [0.25, 0.3) is 0 Å². The molecule has 2 aromatic heterocycles. The van der Waals surface area contributed by atoms with E-state index in [0.29, 0.717) is 30.8 Å². The number of aromatic nitrogens is 1. The van der Waals surface area contributed by atoms with E-state index in [9.17, 15) is 9.59 Å². The number of Topliss-reactive ketones (excluding diaryl/α,β-unsaturated/α-hetero) is 2. The van der Waals surface area contributed by atoms with E-state index in [-0.39, 0.29) is 30.2 Å². The fraction of sp³-hybridized carbons (Fsp3) is 0.250. The minimum Gasteiger partial charge on any atom is -0.453 e. The number of fused-ring (bicyclic) bond motifs is 1. The Labute approximate surface area is 259 Å². The molecule has 6 rings (SSSR count). The van der Waals surface area contributed by atoms with Crippen LogP contribution in [-0.4, -0.2) is 36.8 Å². The highest BCUT2D eigenvalue weighted by Crippen LogP contribution is 2.49. The van der Waals surface area contributed by atoms with Gasteiger partial charge in [-0.25, -0.2) is 4.39 Å². The molecule has 5 aromatic rings. The molecule has 1 saturated carbocycles. The Bertz CT molecular complexity index is 1780. The number of nitrogens with zero attached hydrogens (tertiary/aromatic N) is 1. The first-order valence-electron chi connectivity index (χ1n) is 14.7. The highest BCUT2D eigenvalue weighted by molar-refractivity contribution is 7.22.